The number of anilines is 1. The van der Waals surface area contributed by atoms with E-state index in [4.69, 9.17) is 0 Å². The van der Waals surface area contributed by atoms with Gasteiger partial charge in [-0.05, 0) is 41.9 Å². The lowest BCUT2D eigenvalue weighted by Gasteiger charge is -2.05. The number of aromatic nitrogens is 2. The summed E-state index contributed by atoms with van der Waals surface area (Å²) in [5, 5.41) is 6.67. The lowest BCUT2D eigenvalue weighted by atomic mass is 10.3. The van der Waals surface area contributed by atoms with E-state index < -0.39 is 10.0 Å². The van der Waals surface area contributed by atoms with E-state index in [0.29, 0.717) is 17.1 Å². The Morgan fingerprint density at radius 3 is 2.59 bits per heavy atom. The van der Waals surface area contributed by atoms with Crippen molar-refractivity contribution in [1.82, 2.24) is 10.2 Å². The lowest BCUT2D eigenvalue weighted by molar-refractivity contribution is 0.603. The summed E-state index contributed by atoms with van der Waals surface area (Å²) in [6.07, 6.45) is 0. The molecule has 17 heavy (non-hydrogen) atoms. The number of H-pyrrole nitrogens is 1. The van der Waals surface area contributed by atoms with Crippen LogP contribution in [0.4, 0.5) is 5.69 Å². The van der Waals surface area contributed by atoms with Gasteiger partial charge in [0.2, 0.25) is 0 Å². The van der Waals surface area contributed by atoms with E-state index in [2.05, 4.69) is 30.8 Å². The predicted molar refractivity (Wildman–Crippen MR) is 70.9 cm³/mol. The molecule has 0 saturated carbocycles. The molecule has 0 unspecified atom stereocenters. The first-order valence-electron chi connectivity index (χ1n) is 4.70. The van der Waals surface area contributed by atoms with Gasteiger partial charge in [-0.25, -0.2) is 8.42 Å². The van der Waals surface area contributed by atoms with Gasteiger partial charge in [-0.15, -0.1) is 11.3 Å². The van der Waals surface area contributed by atoms with E-state index in [1.165, 1.54) is 0 Å². The summed E-state index contributed by atoms with van der Waals surface area (Å²) in [7, 11) is -3.53. The second-order valence-electron chi connectivity index (χ2n) is 3.47. The van der Waals surface area contributed by atoms with E-state index in [1.807, 2.05) is 0 Å². The first-order valence-corrected chi connectivity index (χ1v) is 7.79. The fourth-order valence-corrected chi connectivity index (χ4v) is 4.52. The molecule has 0 saturated heterocycles. The molecule has 0 aliphatic carbocycles. The molecule has 0 amide bonds. The molecule has 0 spiro atoms. The Balaban J connectivity index is 2.36. The molecule has 0 aromatic carbocycles. The summed E-state index contributed by atoms with van der Waals surface area (Å²) in [4.78, 5) is 0. The summed E-state index contributed by atoms with van der Waals surface area (Å²) < 4.78 is 27.7. The molecule has 0 bridgehead atoms. The molecule has 0 fully saturated rings. The average Bonchev–Trinajstić information content (AvgIpc) is 2.80. The fraction of sp³-hybridized carbons (Fsp3) is 0.222. The van der Waals surface area contributed by atoms with Crippen molar-refractivity contribution in [2.45, 2.75) is 18.1 Å². The van der Waals surface area contributed by atoms with Gasteiger partial charge in [0.1, 0.15) is 4.21 Å². The Morgan fingerprint density at radius 2 is 2.12 bits per heavy atom. The van der Waals surface area contributed by atoms with Crippen molar-refractivity contribution in [2.75, 3.05) is 4.72 Å². The van der Waals surface area contributed by atoms with Crippen LogP contribution in [0.2, 0.25) is 0 Å². The Kier molecular flexibility index (Phi) is 3.28. The summed E-state index contributed by atoms with van der Waals surface area (Å²) in [6, 6.07) is 3.26. The van der Waals surface area contributed by atoms with Gasteiger partial charge in [0, 0.05) is 0 Å². The number of hydrogen-bond acceptors (Lipinski definition) is 4. The molecule has 2 N–H and O–H groups in total. The Labute approximate surface area is 111 Å². The van der Waals surface area contributed by atoms with E-state index in [-0.39, 0.29) is 4.21 Å². The van der Waals surface area contributed by atoms with Crippen LogP contribution in [-0.2, 0) is 10.0 Å². The minimum atomic E-state index is -3.53. The molecule has 0 atom stereocenters. The first-order chi connectivity index (χ1) is 7.90. The van der Waals surface area contributed by atoms with Gasteiger partial charge in [-0.3, -0.25) is 9.82 Å². The predicted octanol–water partition coefficient (Wildman–Crippen LogP) is 2.65. The molecular formula is C9H10BrN3O2S2. The summed E-state index contributed by atoms with van der Waals surface area (Å²) in [5.41, 5.74) is 1.83. The molecule has 0 radical (unpaired) electrons. The van der Waals surface area contributed by atoms with Crippen LogP contribution in [0, 0.1) is 13.8 Å². The Hall–Kier alpha value is -0.860. The van der Waals surface area contributed by atoms with E-state index >= 15 is 0 Å². The third-order valence-corrected chi connectivity index (χ3v) is 5.64. The number of nitrogens with zero attached hydrogens (tertiary/aromatic N) is 1. The third kappa shape index (κ3) is 2.53. The SMILES string of the molecule is Cc1n[nH]c(C)c1NS(=O)(=O)c1ccc(Br)s1. The van der Waals surface area contributed by atoms with Crippen LogP contribution >= 0.6 is 27.3 Å². The maximum absolute atomic E-state index is 12.1. The molecular weight excluding hydrogens is 326 g/mol. The van der Waals surface area contributed by atoms with Crippen LogP contribution in [0.1, 0.15) is 11.4 Å². The van der Waals surface area contributed by atoms with E-state index in [9.17, 15) is 8.42 Å². The zero-order valence-electron chi connectivity index (χ0n) is 9.11. The number of sulfonamides is 1. The van der Waals surface area contributed by atoms with Gasteiger partial charge in [0.05, 0.1) is 20.9 Å². The van der Waals surface area contributed by atoms with Crippen molar-refractivity contribution >= 4 is 43.0 Å². The number of halogens is 1. The summed E-state index contributed by atoms with van der Waals surface area (Å²) in [6.45, 7) is 3.51. The minimum Gasteiger partial charge on any atom is -0.280 e. The number of nitrogens with one attached hydrogen (secondary N) is 2. The van der Waals surface area contributed by atoms with Crippen molar-refractivity contribution in [3.8, 4) is 0 Å². The first kappa shape index (κ1) is 12.6. The maximum Gasteiger partial charge on any atom is 0.271 e. The molecule has 2 rings (SSSR count). The van der Waals surface area contributed by atoms with Gasteiger partial charge in [-0.1, -0.05) is 0 Å². The molecule has 0 aliphatic heterocycles. The van der Waals surface area contributed by atoms with Crippen LogP contribution < -0.4 is 4.72 Å². The smallest absolute Gasteiger partial charge is 0.271 e. The standard InChI is InChI=1S/C9H10BrN3O2S2/c1-5-9(6(2)12-11-5)13-17(14,15)8-4-3-7(10)16-8/h3-4,13H,1-2H3,(H,11,12). The topological polar surface area (TPSA) is 74.8 Å². The van der Waals surface area contributed by atoms with Crippen LogP contribution in [0.5, 0.6) is 0 Å². The lowest BCUT2D eigenvalue weighted by Crippen LogP contribution is -2.12. The van der Waals surface area contributed by atoms with Crippen LogP contribution in [-0.4, -0.2) is 18.6 Å². The molecule has 2 heterocycles. The number of hydrogen-bond donors (Lipinski definition) is 2. The molecule has 2 aromatic heterocycles. The van der Waals surface area contributed by atoms with Crippen LogP contribution in [0.15, 0.2) is 20.1 Å². The molecule has 0 aliphatic rings. The van der Waals surface area contributed by atoms with Crippen molar-refractivity contribution in [1.29, 1.82) is 0 Å². The number of thiophene rings is 1. The Morgan fingerprint density at radius 1 is 1.41 bits per heavy atom. The van der Waals surface area contributed by atoms with Crippen molar-refractivity contribution in [2.24, 2.45) is 0 Å². The van der Waals surface area contributed by atoms with Crippen molar-refractivity contribution in [3.05, 3.63) is 27.3 Å². The molecule has 92 valence electrons. The minimum absolute atomic E-state index is 0.268. The summed E-state index contributed by atoms with van der Waals surface area (Å²) >= 11 is 4.40. The molecule has 5 nitrogen and oxygen atoms in total. The number of aryl methyl sites for hydroxylation is 2. The second kappa shape index (κ2) is 4.43. The van der Waals surface area contributed by atoms with Crippen molar-refractivity contribution in [3.63, 3.8) is 0 Å². The number of rotatable bonds is 3. The van der Waals surface area contributed by atoms with Crippen molar-refractivity contribution < 1.29 is 8.42 Å². The normalized spacial score (nSPS) is 11.7. The van der Waals surface area contributed by atoms with Gasteiger partial charge >= 0.3 is 0 Å². The molecule has 2 aromatic rings. The summed E-state index contributed by atoms with van der Waals surface area (Å²) in [5.74, 6) is 0. The van der Waals surface area contributed by atoms with Gasteiger partial charge in [-0.2, -0.15) is 5.10 Å². The van der Waals surface area contributed by atoms with Gasteiger partial charge in [0.15, 0.2) is 0 Å². The van der Waals surface area contributed by atoms with Crippen LogP contribution in [0.3, 0.4) is 0 Å². The highest BCUT2D eigenvalue weighted by Gasteiger charge is 2.19. The van der Waals surface area contributed by atoms with E-state index in [0.717, 1.165) is 15.1 Å². The largest absolute Gasteiger partial charge is 0.280 e. The van der Waals surface area contributed by atoms with Gasteiger partial charge in [0.25, 0.3) is 10.0 Å². The number of aromatic amines is 1. The third-order valence-electron chi connectivity index (χ3n) is 2.18. The average molecular weight is 336 g/mol. The zero-order chi connectivity index (χ0) is 12.6. The zero-order valence-corrected chi connectivity index (χ0v) is 12.3. The highest BCUT2D eigenvalue weighted by molar-refractivity contribution is 9.11. The quantitative estimate of drug-likeness (QED) is 0.905. The Bertz CT molecular complexity index is 626. The molecule has 8 heteroatoms. The van der Waals surface area contributed by atoms with Crippen LogP contribution in [0.25, 0.3) is 0 Å². The highest BCUT2D eigenvalue weighted by atomic mass is 79.9. The second-order valence-corrected chi connectivity index (χ2v) is 7.85. The highest BCUT2D eigenvalue weighted by Crippen LogP contribution is 2.28. The maximum atomic E-state index is 12.1. The van der Waals surface area contributed by atoms with Gasteiger partial charge < -0.3 is 0 Å². The van der Waals surface area contributed by atoms with E-state index in [1.54, 1.807) is 26.0 Å². The fourth-order valence-electron chi connectivity index (χ4n) is 1.33. The monoisotopic (exact) mass is 335 g/mol.